The molecule has 0 unspecified atom stereocenters. The predicted molar refractivity (Wildman–Crippen MR) is 60.2 cm³/mol. The van der Waals surface area contributed by atoms with Crippen LogP contribution in [-0.4, -0.2) is 9.55 Å². The molecule has 0 aliphatic heterocycles. The highest BCUT2D eigenvalue weighted by molar-refractivity contribution is 5.75. The van der Waals surface area contributed by atoms with Crippen molar-refractivity contribution >= 4 is 11.0 Å². The molecule has 0 bridgehead atoms. The zero-order valence-corrected chi connectivity index (χ0v) is 8.30. The van der Waals surface area contributed by atoms with E-state index in [2.05, 4.69) is 41.3 Å². The molecule has 15 heavy (non-hydrogen) atoms. The van der Waals surface area contributed by atoms with Crippen LogP contribution in [0.1, 0.15) is 0 Å². The van der Waals surface area contributed by atoms with Crippen molar-refractivity contribution in [2.75, 3.05) is 0 Å². The molecule has 1 aromatic carbocycles. The third-order valence-electron chi connectivity index (χ3n) is 2.61. The van der Waals surface area contributed by atoms with E-state index in [9.17, 15) is 0 Å². The summed E-state index contributed by atoms with van der Waals surface area (Å²) in [4.78, 5) is 4.36. The predicted octanol–water partition coefficient (Wildman–Crippen LogP) is 2.44. The number of hydrogen-bond acceptors (Lipinski definition) is 1. The fourth-order valence-corrected chi connectivity index (χ4v) is 1.85. The van der Waals surface area contributed by atoms with E-state index in [0.29, 0.717) is 0 Å². The summed E-state index contributed by atoms with van der Waals surface area (Å²) in [6, 6.07) is 8.20. The first kappa shape index (κ1) is 8.96. The lowest BCUT2D eigenvalue weighted by Gasteiger charge is -2.09. The Hall–Kier alpha value is -1.31. The fraction of sp³-hybridized carbons (Fsp3) is 0.0769. The van der Waals surface area contributed by atoms with Gasteiger partial charge in [-0.25, -0.2) is 4.98 Å². The Morgan fingerprint density at radius 3 is 2.73 bits per heavy atom. The van der Waals surface area contributed by atoms with Gasteiger partial charge in [-0.05, 0) is 37.8 Å². The maximum atomic E-state index is 4.36. The van der Waals surface area contributed by atoms with Gasteiger partial charge in [0.25, 0.3) is 0 Å². The number of hydrogen-bond donors (Lipinski definition) is 0. The van der Waals surface area contributed by atoms with E-state index in [4.69, 9.17) is 0 Å². The molecule has 3 rings (SSSR count). The maximum Gasteiger partial charge on any atom is 0.0958 e. The van der Waals surface area contributed by atoms with E-state index in [1.165, 1.54) is 11.4 Å². The lowest BCUT2D eigenvalue weighted by molar-refractivity contribution is 0.765. The molecule has 0 spiro atoms. The van der Waals surface area contributed by atoms with Crippen molar-refractivity contribution in [3.8, 4) is 0 Å². The zero-order valence-electron chi connectivity index (χ0n) is 8.30. The topological polar surface area (TPSA) is 17.8 Å². The Balaban J connectivity index is 1.90. The molecule has 1 aliphatic rings. The van der Waals surface area contributed by atoms with Gasteiger partial charge in [0.15, 0.2) is 0 Å². The van der Waals surface area contributed by atoms with Gasteiger partial charge in [0, 0.05) is 12.5 Å². The van der Waals surface area contributed by atoms with E-state index in [0.717, 1.165) is 12.1 Å². The Bertz CT molecular complexity index is 452. The summed E-state index contributed by atoms with van der Waals surface area (Å²) in [7, 11) is 0. The summed E-state index contributed by atoms with van der Waals surface area (Å²) in [6.45, 7) is 0.896. The van der Waals surface area contributed by atoms with E-state index in [1.54, 1.807) is 0 Å². The van der Waals surface area contributed by atoms with Crippen LogP contribution in [0.2, 0.25) is 0 Å². The molecule has 2 aromatic rings. The van der Waals surface area contributed by atoms with Crippen molar-refractivity contribution in [2.24, 2.45) is 0 Å². The molecule has 0 saturated heterocycles. The van der Waals surface area contributed by atoms with Gasteiger partial charge >= 0.3 is 0 Å². The molecule has 2 nitrogen and oxygen atoms in total. The standard InChI is InChI=1S/C13H11N2/c1-2-6-11(5-1)9-15-10-14-12-7-3-4-8-13(12)15/h1-8,10H,9H2. The molecule has 1 fully saturated rings. The van der Waals surface area contributed by atoms with Crippen molar-refractivity contribution in [2.45, 2.75) is 6.54 Å². The highest BCUT2D eigenvalue weighted by atomic mass is 15.0. The Kier molecular flexibility index (Phi) is 2.20. The molecule has 1 aromatic heterocycles. The van der Waals surface area contributed by atoms with Gasteiger partial charge in [0.05, 0.1) is 17.4 Å². The summed E-state index contributed by atoms with van der Waals surface area (Å²) in [6.07, 6.45) is 10.3. The van der Waals surface area contributed by atoms with Crippen LogP contribution in [0.25, 0.3) is 11.0 Å². The maximum absolute atomic E-state index is 4.36. The number of fused-ring (bicyclic) bond motifs is 1. The van der Waals surface area contributed by atoms with Gasteiger partial charge in [0.2, 0.25) is 0 Å². The Morgan fingerprint density at radius 1 is 1.07 bits per heavy atom. The van der Waals surface area contributed by atoms with Crippen LogP contribution < -0.4 is 0 Å². The Labute approximate surface area is 89.9 Å². The van der Waals surface area contributed by atoms with E-state index in [-0.39, 0.29) is 0 Å². The van der Waals surface area contributed by atoms with Crippen LogP contribution in [-0.2, 0) is 6.54 Å². The summed E-state index contributed by atoms with van der Waals surface area (Å²) in [5.74, 6) is 1.32. The average Bonchev–Trinajstić information content (AvgIpc) is 2.89. The number of imidazole rings is 1. The third-order valence-corrected chi connectivity index (χ3v) is 2.61. The summed E-state index contributed by atoms with van der Waals surface area (Å²) in [5, 5.41) is 0. The average molecular weight is 195 g/mol. The SMILES string of the molecule is [CH]1[CH][CH][C](Cn2cnc3ccccc32)[CH]1. The first-order chi connectivity index (χ1) is 7.43. The summed E-state index contributed by atoms with van der Waals surface area (Å²) >= 11 is 0. The minimum absolute atomic E-state index is 0.896. The molecule has 73 valence electrons. The lowest BCUT2D eigenvalue weighted by atomic mass is 10.1. The minimum Gasteiger partial charge on any atom is -0.330 e. The van der Waals surface area contributed by atoms with Crippen molar-refractivity contribution in [1.29, 1.82) is 0 Å². The lowest BCUT2D eigenvalue weighted by Crippen LogP contribution is -2.04. The molecule has 2 heteroatoms. The fourth-order valence-electron chi connectivity index (χ4n) is 1.85. The van der Waals surface area contributed by atoms with Gasteiger partial charge in [-0.15, -0.1) is 0 Å². The minimum atomic E-state index is 0.896. The molecule has 0 amide bonds. The number of para-hydroxylation sites is 2. The van der Waals surface area contributed by atoms with Crippen molar-refractivity contribution in [1.82, 2.24) is 9.55 Å². The van der Waals surface area contributed by atoms with Crippen LogP contribution in [0.15, 0.2) is 30.6 Å². The molecule has 0 N–H and O–H groups in total. The van der Waals surface area contributed by atoms with Crippen molar-refractivity contribution in [3.05, 3.63) is 62.2 Å². The van der Waals surface area contributed by atoms with Crippen LogP contribution >= 0.6 is 0 Å². The highest BCUT2D eigenvalue weighted by Gasteiger charge is 2.17. The van der Waals surface area contributed by atoms with E-state index in [1.807, 2.05) is 24.5 Å². The van der Waals surface area contributed by atoms with Gasteiger partial charge in [0.1, 0.15) is 0 Å². The molecule has 0 atom stereocenters. The molecular weight excluding hydrogens is 184 g/mol. The smallest absolute Gasteiger partial charge is 0.0958 e. The van der Waals surface area contributed by atoms with Gasteiger partial charge < -0.3 is 4.57 Å². The monoisotopic (exact) mass is 195 g/mol. The van der Waals surface area contributed by atoms with Crippen LogP contribution in [0.3, 0.4) is 0 Å². The van der Waals surface area contributed by atoms with E-state index >= 15 is 0 Å². The number of aromatic nitrogens is 2. The second-order valence-electron chi connectivity index (χ2n) is 3.65. The van der Waals surface area contributed by atoms with E-state index < -0.39 is 0 Å². The number of benzene rings is 1. The zero-order chi connectivity index (χ0) is 10.1. The van der Waals surface area contributed by atoms with Crippen molar-refractivity contribution < 1.29 is 0 Å². The number of rotatable bonds is 2. The molecular formula is C13H11N2. The molecule has 1 aliphatic carbocycles. The van der Waals surface area contributed by atoms with Gasteiger partial charge in [-0.3, -0.25) is 0 Å². The normalized spacial score (nSPS) is 17.6. The molecule has 1 saturated carbocycles. The van der Waals surface area contributed by atoms with Gasteiger partial charge in [-0.1, -0.05) is 12.1 Å². The highest BCUT2D eigenvalue weighted by Crippen LogP contribution is 2.25. The Morgan fingerprint density at radius 2 is 1.87 bits per heavy atom. The van der Waals surface area contributed by atoms with Crippen LogP contribution in [0, 0.1) is 31.6 Å². The summed E-state index contributed by atoms with van der Waals surface area (Å²) < 4.78 is 2.17. The first-order valence-electron chi connectivity index (χ1n) is 5.04. The van der Waals surface area contributed by atoms with Gasteiger partial charge in [-0.2, -0.15) is 0 Å². The summed E-state index contributed by atoms with van der Waals surface area (Å²) in [5.41, 5.74) is 2.25. The van der Waals surface area contributed by atoms with Crippen LogP contribution in [0.5, 0.6) is 0 Å². The molecule has 5 radical (unpaired) electrons. The third kappa shape index (κ3) is 1.65. The van der Waals surface area contributed by atoms with Crippen LogP contribution in [0.4, 0.5) is 0 Å². The largest absolute Gasteiger partial charge is 0.330 e. The second kappa shape index (κ2) is 3.69. The van der Waals surface area contributed by atoms with Crippen molar-refractivity contribution in [3.63, 3.8) is 0 Å². The first-order valence-corrected chi connectivity index (χ1v) is 5.04. The number of nitrogens with zero attached hydrogens (tertiary/aromatic N) is 2. The molecule has 1 heterocycles. The quantitative estimate of drug-likeness (QED) is 0.719. The second-order valence-corrected chi connectivity index (χ2v) is 3.65.